The zero-order chi connectivity index (χ0) is 22.2. The molecule has 0 aliphatic heterocycles. The fraction of sp³-hybridized carbons (Fsp3) is 0.0833. The minimum absolute atomic E-state index is 0.0786. The average Bonchev–Trinajstić information content (AvgIpc) is 2.73. The van der Waals surface area contributed by atoms with Crippen LogP contribution in [0.15, 0.2) is 92.3 Å². The number of nitrogens with zero attached hydrogens (tertiary/aromatic N) is 1. The zero-order valence-corrected chi connectivity index (χ0v) is 19.3. The molecule has 1 N–H and O–H groups in total. The number of Topliss-reactive ketones (excluding diaryl/α,β-unsaturated/α-hetero) is 1. The number of carbonyl (C=O) groups excluding carboxylic acids is 1. The first kappa shape index (κ1) is 21.2. The van der Waals surface area contributed by atoms with Gasteiger partial charge in [-0.2, -0.15) is 12.8 Å². The molecule has 5 nitrogen and oxygen atoms in total. The molecule has 0 bridgehead atoms. The predicted octanol–water partition coefficient (Wildman–Crippen LogP) is 5.44. The molecule has 0 radical (unpaired) electrons. The van der Waals surface area contributed by atoms with Crippen molar-refractivity contribution < 1.29 is 13.2 Å². The third-order valence-corrected chi connectivity index (χ3v) is 6.79. The number of rotatable bonds is 4. The van der Waals surface area contributed by atoms with E-state index in [1.54, 1.807) is 36.4 Å². The topological polar surface area (TPSA) is 75.6 Å². The summed E-state index contributed by atoms with van der Waals surface area (Å²) in [5.41, 5.74) is 4.25. The molecule has 7 heteroatoms. The maximum Gasteiger partial charge on any atom is 0.282 e. The highest BCUT2D eigenvalue weighted by atomic mass is 79.9. The monoisotopic (exact) mass is 494 g/mol. The smallest absolute Gasteiger partial charge is 0.282 e. The van der Waals surface area contributed by atoms with Crippen LogP contribution in [0.3, 0.4) is 0 Å². The Bertz CT molecular complexity index is 1360. The molecule has 0 fully saturated rings. The summed E-state index contributed by atoms with van der Waals surface area (Å²) in [6.45, 7) is 3.94. The molecular formula is C24H19BrN2O3S. The highest BCUT2D eigenvalue weighted by Crippen LogP contribution is 2.26. The molecule has 0 amide bonds. The summed E-state index contributed by atoms with van der Waals surface area (Å²) in [5.74, 6) is -0.212. The van der Waals surface area contributed by atoms with Gasteiger partial charge in [-0.1, -0.05) is 57.9 Å². The van der Waals surface area contributed by atoms with Gasteiger partial charge in [-0.25, -0.2) is 0 Å². The van der Waals surface area contributed by atoms with Crippen molar-refractivity contribution in [3.8, 4) is 0 Å². The Morgan fingerprint density at radius 3 is 2.26 bits per heavy atom. The van der Waals surface area contributed by atoms with Crippen LogP contribution in [0.5, 0.6) is 0 Å². The van der Waals surface area contributed by atoms with Crippen molar-refractivity contribution in [1.82, 2.24) is 0 Å². The number of halogens is 1. The molecule has 31 heavy (non-hydrogen) atoms. The molecule has 0 saturated heterocycles. The highest BCUT2D eigenvalue weighted by molar-refractivity contribution is 9.10. The summed E-state index contributed by atoms with van der Waals surface area (Å²) in [5, 5.41) is 3.16. The largest absolute Gasteiger partial charge is 0.352 e. The number of benzene rings is 3. The van der Waals surface area contributed by atoms with Gasteiger partial charge < -0.3 is 5.32 Å². The van der Waals surface area contributed by atoms with E-state index in [9.17, 15) is 13.2 Å². The van der Waals surface area contributed by atoms with Crippen molar-refractivity contribution in [2.24, 2.45) is 4.40 Å². The van der Waals surface area contributed by atoms with Crippen LogP contribution in [0.1, 0.15) is 27.0 Å². The van der Waals surface area contributed by atoms with E-state index in [1.165, 1.54) is 18.2 Å². The first-order valence-electron chi connectivity index (χ1n) is 9.55. The molecule has 0 heterocycles. The molecule has 4 rings (SSSR count). The minimum atomic E-state index is -3.96. The second-order valence-electron chi connectivity index (χ2n) is 7.28. The summed E-state index contributed by atoms with van der Waals surface area (Å²) in [6, 6.07) is 19.0. The molecule has 1 aliphatic rings. The third-order valence-electron chi connectivity index (χ3n) is 4.95. The molecule has 0 atom stereocenters. The Morgan fingerprint density at radius 2 is 1.58 bits per heavy atom. The highest BCUT2D eigenvalue weighted by Gasteiger charge is 2.26. The normalized spacial score (nSPS) is 14.9. The van der Waals surface area contributed by atoms with Crippen LogP contribution >= 0.6 is 15.9 Å². The van der Waals surface area contributed by atoms with Crippen molar-refractivity contribution in [2.45, 2.75) is 18.7 Å². The zero-order valence-electron chi connectivity index (χ0n) is 16.9. The molecule has 0 spiro atoms. The van der Waals surface area contributed by atoms with Gasteiger partial charge in [0.1, 0.15) is 0 Å². The number of aryl methyl sites for hydroxylation is 2. The van der Waals surface area contributed by atoms with E-state index in [2.05, 4.69) is 25.6 Å². The predicted molar refractivity (Wildman–Crippen MR) is 126 cm³/mol. The lowest BCUT2D eigenvalue weighted by Crippen LogP contribution is -2.23. The Morgan fingerprint density at radius 1 is 0.903 bits per heavy atom. The number of sulfonamides is 1. The van der Waals surface area contributed by atoms with E-state index < -0.39 is 10.0 Å². The maximum atomic E-state index is 13.1. The van der Waals surface area contributed by atoms with Crippen molar-refractivity contribution in [1.29, 1.82) is 0 Å². The van der Waals surface area contributed by atoms with Crippen molar-refractivity contribution in [2.75, 3.05) is 5.32 Å². The van der Waals surface area contributed by atoms with Gasteiger partial charge >= 0.3 is 0 Å². The van der Waals surface area contributed by atoms with E-state index in [1.807, 2.05) is 32.0 Å². The summed E-state index contributed by atoms with van der Waals surface area (Å²) >= 11 is 3.30. The quantitative estimate of drug-likeness (QED) is 0.524. The molecule has 3 aromatic carbocycles. The van der Waals surface area contributed by atoms with Gasteiger partial charge in [0.25, 0.3) is 10.0 Å². The Hall–Kier alpha value is -3.03. The van der Waals surface area contributed by atoms with Crippen molar-refractivity contribution in [3.05, 3.63) is 105 Å². The van der Waals surface area contributed by atoms with Gasteiger partial charge in [0, 0.05) is 21.3 Å². The molecule has 0 saturated carbocycles. The second kappa shape index (κ2) is 8.24. The maximum absolute atomic E-state index is 13.1. The van der Waals surface area contributed by atoms with Crippen LogP contribution < -0.4 is 5.32 Å². The van der Waals surface area contributed by atoms with Gasteiger partial charge in [0.2, 0.25) is 5.78 Å². The Balaban J connectivity index is 1.82. The van der Waals surface area contributed by atoms with Crippen LogP contribution in [0.25, 0.3) is 0 Å². The SMILES string of the molecule is Cc1ccc(NC2=C/C(=N/S(=O)(=O)c3ccc(Br)cc3)c3ccccc3C2=O)c(C)c1. The Kier molecular flexibility index (Phi) is 5.64. The van der Waals surface area contributed by atoms with Crippen molar-refractivity contribution >= 4 is 43.1 Å². The van der Waals surface area contributed by atoms with E-state index in [4.69, 9.17) is 0 Å². The van der Waals surface area contributed by atoms with Crippen LogP contribution in [-0.2, 0) is 10.0 Å². The summed E-state index contributed by atoms with van der Waals surface area (Å²) < 4.78 is 30.7. The number of anilines is 1. The van der Waals surface area contributed by atoms with Gasteiger partial charge in [-0.05, 0) is 55.8 Å². The molecular weight excluding hydrogens is 476 g/mol. The standard InChI is InChI=1S/C24H19BrN2O3S/c1-15-7-12-21(16(2)13-15)26-23-14-22(19-5-3-4-6-20(19)24(23)28)27-31(29,30)18-10-8-17(25)9-11-18/h3-14,26H,1-2H3/b27-22-. The summed E-state index contributed by atoms with van der Waals surface area (Å²) in [7, 11) is -3.96. The Labute approximate surface area is 189 Å². The lowest BCUT2D eigenvalue weighted by atomic mass is 9.92. The number of fused-ring (bicyclic) bond motifs is 1. The summed E-state index contributed by atoms with van der Waals surface area (Å²) in [4.78, 5) is 13.2. The average molecular weight is 495 g/mol. The van der Waals surface area contributed by atoms with Crippen LogP contribution in [-0.4, -0.2) is 19.9 Å². The lowest BCUT2D eigenvalue weighted by Gasteiger charge is -2.19. The fourth-order valence-electron chi connectivity index (χ4n) is 3.39. The molecule has 0 unspecified atom stereocenters. The number of carbonyl (C=O) groups is 1. The minimum Gasteiger partial charge on any atom is -0.352 e. The first-order chi connectivity index (χ1) is 14.7. The van der Waals surface area contributed by atoms with E-state index >= 15 is 0 Å². The van der Waals surface area contributed by atoms with Crippen molar-refractivity contribution in [3.63, 3.8) is 0 Å². The number of hydrogen-bond acceptors (Lipinski definition) is 4. The van der Waals surface area contributed by atoms with Gasteiger partial charge in [-0.3, -0.25) is 4.79 Å². The second-order valence-corrected chi connectivity index (χ2v) is 9.80. The molecule has 0 aromatic heterocycles. The lowest BCUT2D eigenvalue weighted by molar-refractivity contribution is 0.103. The number of allylic oxidation sites excluding steroid dienone is 2. The number of hydrogen-bond donors (Lipinski definition) is 1. The van der Waals surface area contributed by atoms with Crippen LogP contribution in [0, 0.1) is 13.8 Å². The van der Waals surface area contributed by atoms with Gasteiger partial charge in [-0.15, -0.1) is 0 Å². The van der Waals surface area contributed by atoms with Crippen LogP contribution in [0.2, 0.25) is 0 Å². The molecule has 1 aliphatic carbocycles. The van der Waals surface area contributed by atoms with E-state index in [0.717, 1.165) is 21.3 Å². The third kappa shape index (κ3) is 4.38. The summed E-state index contributed by atoms with van der Waals surface area (Å²) in [6.07, 6.45) is 1.50. The fourth-order valence-corrected chi connectivity index (χ4v) is 4.65. The molecule has 3 aromatic rings. The van der Waals surface area contributed by atoms with E-state index in [-0.39, 0.29) is 22.1 Å². The number of ketones is 1. The van der Waals surface area contributed by atoms with Gasteiger partial charge in [0.05, 0.1) is 16.3 Å². The number of nitrogens with one attached hydrogen (secondary N) is 1. The van der Waals surface area contributed by atoms with Gasteiger partial charge in [0.15, 0.2) is 0 Å². The van der Waals surface area contributed by atoms with E-state index in [0.29, 0.717) is 11.1 Å². The molecule has 156 valence electrons. The first-order valence-corrected chi connectivity index (χ1v) is 11.8. The van der Waals surface area contributed by atoms with Crippen LogP contribution in [0.4, 0.5) is 5.69 Å².